The molecular weight excluding hydrogens is 230 g/mol. The molecule has 0 aliphatic heterocycles. The molecule has 0 heterocycles. The number of carbonyl (C=O) groups is 1. The summed E-state index contributed by atoms with van der Waals surface area (Å²) in [4.78, 5) is 13.0. The van der Waals surface area contributed by atoms with Crippen LogP contribution in [0.15, 0.2) is 29.4 Å². The minimum absolute atomic E-state index is 0.522. The van der Waals surface area contributed by atoms with E-state index in [1.165, 1.54) is 0 Å². The Balaban J connectivity index is 2.62. The summed E-state index contributed by atoms with van der Waals surface area (Å²) in [6, 6.07) is 7.90. The molecule has 5 heteroatoms. The van der Waals surface area contributed by atoms with Crippen molar-refractivity contribution in [2.45, 2.75) is 13.8 Å². The van der Waals surface area contributed by atoms with Crippen molar-refractivity contribution in [2.75, 3.05) is 24.6 Å². The van der Waals surface area contributed by atoms with Gasteiger partial charge in [-0.05, 0) is 31.5 Å². The Bertz CT molecular complexity index is 397. The van der Waals surface area contributed by atoms with E-state index >= 15 is 0 Å². The maximum absolute atomic E-state index is 10.7. The molecular formula is C13H19N3O2. The van der Waals surface area contributed by atoms with Crippen LogP contribution in [0, 0.1) is 0 Å². The first-order valence-electron chi connectivity index (χ1n) is 5.99. The molecule has 18 heavy (non-hydrogen) atoms. The predicted molar refractivity (Wildman–Crippen MR) is 72.8 cm³/mol. The van der Waals surface area contributed by atoms with Crippen molar-refractivity contribution in [3.8, 4) is 0 Å². The zero-order valence-electron chi connectivity index (χ0n) is 10.8. The Morgan fingerprint density at radius 3 is 2.44 bits per heavy atom. The van der Waals surface area contributed by atoms with Gasteiger partial charge in [0.25, 0.3) is 5.91 Å². The number of rotatable bonds is 6. The van der Waals surface area contributed by atoms with E-state index < -0.39 is 12.5 Å². The molecule has 0 radical (unpaired) electrons. The summed E-state index contributed by atoms with van der Waals surface area (Å²) in [5, 5.41) is 12.2. The molecule has 2 N–H and O–H groups in total. The summed E-state index contributed by atoms with van der Waals surface area (Å²) in [6.45, 7) is 5.61. The average molecular weight is 249 g/mol. The van der Waals surface area contributed by atoms with Crippen molar-refractivity contribution < 1.29 is 9.90 Å². The standard InChI is InChI=1S/C13H19N3O2/c1-3-16(4-2)12-7-5-11(6-8-12)9-14-15-13(18)10-17/h5-9,17H,3-4,10H2,1-2H3,(H,15,18)/b14-9-. The van der Waals surface area contributed by atoms with Crippen LogP contribution in [0.3, 0.4) is 0 Å². The Labute approximate surface area is 107 Å². The number of hydrogen-bond acceptors (Lipinski definition) is 4. The number of hydrazone groups is 1. The molecule has 0 fully saturated rings. The number of anilines is 1. The molecule has 1 rings (SSSR count). The summed E-state index contributed by atoms with van der Waals surface area (Å²) in [7, 11) is 0. The van der Waals surface area contributed by atoms with Crippen molar-refractivity contribution >= 4 is 17.8 Å². The van der Waals surface area contributed by atoms with Gasteiger partial charge in [0.15, 0.2) is 0 Å². The van der Waals surface area contributed by atoms with Crippen molar-refractivity contribution in [2.24, 2.45) is 5.10 Å². The highest BCUT2D eigenvalue weighted by atomic mass is 16.3. The van der Waals surface area contributed by atoms with Gasteiger partial charge in [-0.15, -0.1) is 0 Å². The van der Waals surface area contributed by atoms with Gasteiger partial charge in [0.2, 0.25) is 0 Å². The fourth-order valence-electron chi connectivity index (χ4n) is 1.57. The first-order chi connectivity index (χ1) is 8.71. The maximum Gasteiger partial charge on any atom is 0.265 e. The molecule has 0 aromatic heterocycles. The SMILES string of the molecule is CCN(CC)c1ccc(/C=N\NC(=O)CO)cc1. The second-order valence-electron chi connectivity index (χ2n) is 3.72. The molecule has 0 saturated heterocycles. The van der Waals surface area contributed by atoms with Crippen molar-refractivity contribution in [3.05, 3.63) is 29.8 Å². The van der Waals surface area contributed by atoms with E-state index in [9.17, 15) is 4.79 Å². The predicted octanol–water partition coefficient (Wildman–Crippen LogP) is 0.975. The zero-order valence-corrected chi connectivity index (χ0v) is 10.8. The first kappa shape index (κ1) is 14.2. The van der Waals surface area contributed by atoms with E-state index in [4.69, 9.17) is 5.11 Å². The van der Waals surface area contributed by atoms with E-state index in [0.29, 0.717) is 0 Å². The van der Waals surface area contributed by atoms with Crippen molar-refractivity contribution in [1.82, 2.24) is 5.43 Å². The van der Waals surface area contributed by atoms with Crippen LogP contribution in [0.4, 0.5) is 5.69 Å². The number of hydrogen-bond donors (Lipinski definition) is 2. The Hall–Kier alpha value is -1.88. The van der Waals surface area contributed by atoms with Gasteiger partial charge < -0.3 is 10.0 Å². The minimum Gasteiger partial charge on any atom is -0.386 e. The zero-order chi connectivity index (χ0) is 13.4. The van der Waals surface area contributed by atoms with Gasteiger partial charge >= 0.3 is 0 Å². The average Bonchev–Trinajstić information content (AvgIpc) is 2.41. The maximum atomic E-state index is 10.7. The topological polar surface area (TPSA) is 64.9 Å². The summed E-state index contributed by atoms with van der Waals surface area (Å²) in [5.74, 6) is -0.522. The quantitative estimate of drug-likeness (QED) is 0.583. The lowest BCUT2D eigenvalue weighted by atomic mass is 10.2. The van der Waals surface area contributed by atoms with E-state index in [-0.39, 0.29) is 0 Å². The van der Waals surface area contributed by atoms with Crippen LogP contribution in [0.1, 0.15) is 19.4 Å². The van der Waals surface area contributed by atoms with Crippen LogP contribution in [-0.4, -0.2) is 36.9 Å². The monoisotopic (exact) mass is 249 g/mol. The molecule has 0 aliphatic carbocycles. The van der Waals surface area contributed by atoms with Crippen LogP contribution in [0.5, 0.6) is 0 Å². The second-order valence-corrected chi connectivity index (χ2v) is 3.72. The lowest BCUT2D eigenvalue weighted by Crippen LogP contribution is -2.21. The third-order valence-corrected chi connectivity index (χ3v) is 2.57. The number of carbonyl (C=O) groups excluding carboxylic acids is 1. The van der Waals surface area contributed by atoms with Crippen LogP contribution in [-0.2, 0) is 4.79 Å². The van der Waals surface area contributed by atoms with Crippen LogP contribution in [0.25, 0.3) is 0 Å². The molecule has 1 aromatic carbocycles. The highest BCUT2D eigenvalue weighted by molar-refractivity contribution is 5.83. The highest BCUT2D eigenvalue weighted by Crippen LogP contribution is 2.13. The van der Waals surface area contributed by atoms with Gasteiger partial charge in [-0.1, -0.05) is 12.1 Å². The van der Waals surface area contributed by atoms with Gasteiger partial charge in [0.05, 0.1) is 6.21 Å². The van der Waals surface area contributed by atoms with Crippen molar-refractivity contribution in [1.29, 1.82) is 0 Å². The molecule has 98 valence electrons. The molecule has 0 atom stereocenters. The number of aliphatic hydroxyl groups is 1. The number of nitrogens with zero attached hydrogens (tertiary/aromatic N) is 2. The summed E-state index contributed by atoms with van der Waals surface area (Å²) >= 11 is 0. The summed E-state index contributed by atoms with van der Waals surface area (Å²) < 4.78 is 0. The van der Waals surface area contributed by atoms with E-state index in [0.717, 1.165) is 24.3 Å². The first-order valence-corrected chi connectivity index (χ1v) is 5.99. The van der Waals surface area contributed by atoms with Crippen molar-refractivity contribution in [3.63, 3.8) is 0 Å². The number of aliphatic hydroxyl groups excluding tert-OH is 1. The lowest BCUT2D eigenvalue weighted by molar-refractivity contribution is -0.123. The molecule has 0 saturated carbocycles. The van der Waals surface area contributed by atoms with Crippen LogP contribution < -0.4 is 10.3 Å². The minimum atomic E-state index is -0.557. The van der Waals surface area contributed by atoms with Gasteiger partial charge in [-0.25, -0.2) is 5.43 Å². The fraction of sp³-hybridized carbons (Fsp3) is 0.385. The number of amides is 1. The molecule has 0 aliphatic rings. The summed E-state index contributed by atoms with van der Waals surface area (Å²) in [6.07, 6.45) is 1.54. The van der Waals surface area contributed by atoms with Gasteiger partial charge in [0, 0.05) is 18.8 Å². The summed E-state index contributed by atoms with van der Waals surface area (Å²) in [5.41, 5.74) is 4.27. The highest BCUT2D eigenvalue weighted by Gasteiger charge is 2.00. The molecule has 0 unspecified atom stereocenters. The van der Waals surface area contributed by atoms with E-state index in [2.05, 4.69) is 29.3 Å². The molecule has 0 spiro atoms. The Morgan fingerprint density at radius 1 is 1.33 bits per heavy atom. The van der Waals surface area contributed by atoms with Crippen LogP contribution >= 0.6 is 0 Å². The largest absolute Gasteiger partial charge is 0.386 e. The lowest BCUT2D eigenvalue weighted by Gasteiger charge is -2.20. The third-order valence-electron chi connectivity index (χ3n) is 2.57. The van der Waals surface area contributed by atoms with E-state index in [1.54, 1.807) is 6.21 Å². The molecule has 1 aromatic rings. The Kier molecular flexibility index (Phi) is 5.87. The van der Waals surface area contributed by atoms with E-state index in [1.807, 2.05) is 24.3 Å². The fourth-order valence-corrected chi connectivity index (χ4v) is 1.57. The van der Waals surface area contributed by atoms with Crippen LogP contribution in [0.2, 0.25) is 0 Å². The third kappa shape index (κ3) is 4.18. The Morgan fingerprint density at radius 2 is 1.94 bits per heavy atom. The molecule has 1 amide bonds. The van der Waals surface area contributed by atoms with Gasteiger partial charge in [-0.3, -0.25) is 4.79 Å². The number of benzene rings is 1. The van der Waals surface area contributed by atoms with Gasteiger partial charge in [0.1, 0.15) is 6.61 Å². The number of nitrogens with one attached hydrogen (secondary N) is 1. The van der Waals surface area contributed by atoms with Gasteiger partial charge in [-0.2, -0.15) is 5.10 Å². The molecule has 5 nitrogen and oxygen atoms in total. The second kappa shape index (κ2) is 7.45. The normalized spacial score (nSPS) is 10.6. The molecule has 0 bridgehead atoms. The smallest absolute Gasteiger partial charge is 0.265 e.